The van der Waals surface area contributed by atoms with Crippen LogP contribution in [0.2, 0.25) is 0 Å². The Balaban J connectivity index is 1.37. The van der Waals surface area contributed by atoms with Crippen LogP contribution in [0.1, 0.15) is 15.2 Å². The van der Waals surface area contributed by atoms with E-state index in [1.165, 1.54) is 21.4 Å². The van der Waals surface area contributed by atoms with Gasteiger partial charge in [-0.1, -0.05) is 18.2 Å². The van der Waals surface area contributed by atoms with E-state index in [4.69, 9.17) is 4.74 Å². The molecule has 0 atom stereocenters. The minimum Gasteiger partial charge on any atom is -0.485 e. The van der Waals surface area contributed by atoms with E-state index >= 15 is 0 Å². The zero-order valence-corrected chi connectivity index (χ0v) is 16.8. The molecule has 5 nitrogen and oxygen atoms in total. The topological polar surface area (TPSA) is 64.1 Å². The van der Waals surface area contributed by atoms with Crippen LogP contribution in [0.5, 0.6) is 5.75 Å². The third kappa shape index (κ3) is 3.57. The highest BCUT2D eigenvalue weighted by molar-refractivity contribution is 7.33. The van der Waals surface area contributed by atoms with Crippen LogP contribution in [-0.4, -0.2) is 15.9 Å². The lowest BCUT2D eigenvalue weighted by molar-refractivity contribution is 0.102. The van der Waals surface area contributed by atoms with Gasteiger partial charge in [0.25, 0.3) is 5.91 Å². The summed E-state index contributed by atoms with van der Waals surface area (Å²) >= 11 is 3.20. The summed E-state index contributed by atoms with van der Waals surface area (Å²) in [6.45, 7) is 0.373. The summed E-state index contributed by atoms with van der Waals surface area (Å²) in [7, 11) is 0. The Morgan fingerprint density at radius 1 is 0.966 bits per heavy atom. The molecule has 1 amide bonds. The van der Waals surface area contributed by atoms with Crippen LogP contribution in [0.15, 0.2) is 73.2 Å². The van der Waals surface area contributed by atoms with Gasteiger partial charge in [0.05, 0.1) is 9.58 Å². The Morgan fingerprint density at radius 2 is 1.83 bits per heavy atom. The van der Waals surface area contributed by atoms with Gasteiger partial charge in [-0.05, 0) is 42.0 Å². The lowest BCUT2D eigenvalue weighted by Crippen LogP contribution is -2.12. The van der Waals surface area contributed by atoms with Crippen molar-refractivity contribution in [2.24, 2.45) is 0 Å². The first-order chi connectivity index (χ1) is 14.3. The molecule has 0 spiro atoms. The highest BCUT2D eigenvalue weighted by Gasteiger charge is 2.16. The molecule has 29 heavy (non-hydrogen) atoms. The highest BCUT2D eigenvalue weighted by atomic mass is 32.1. The fourth-order valence-corrected chi connectivity index (χ4v) is 5.44. The number of fused-ring (bicyclic) bond motifs is 3. The summed E-state index contributed by atoms with van der Waals surface area (Å²) in [4.78, 5) is 21.8. The average molecular weight is 418 g/mol. The minimum atomic E-state index is -0.185. The second-order valence-electron chi connectivity index (χ2n) is 6.35. The van der Waals surface area contributed by atoms with Crippen LogP contribution in [0.25, 0.3) is 19.5 Å². The lowest BCUT2D eigenvalue weighted by atomic mass is 10.2. The maximum atomic E-state index is 12.8. The van der Waals surface area contributed by atoms with E-state index in [2.05, 4.69) is 27.4 Å². The first-order valence-electron chi connectivity index (χ1n) is 8.97. The van der Waals surface area contributed by atoms with Crippen molar-refractivity contribution >= 4 is 53.9 Å². The van der Waals surface area contributed by atoms with Gasteiger partial charge >= 0.3 is 0 Å². The van der Waals surface area contributed by atoms with Gasteiger partial charge < -0.3 is 10.1 Å². The van der Waals surface area contributed by atoms with E-state index in [0.717, 1.165) is 15.0 Å². The molecule has 1 aromatic carbocycles. The van der Waals surface area contributed by atoms with Crippen molar-refractivity contribution in [3.63, 3.8) is 0 Å². The van der Waals surface area contributed by atoms with E-state index in [-0.39, 0.29) is 5.91 Å². The molecule has 0 radical (unpaired) electrons. The molecule has 0 unspecified atom stereocenters. The normalized spacial score (nSPS) is 11.0. The van der Waals surface area contributed by atoms with Gasteiger partial charge in [-0.3, -0.25) is 9.78 Å². The summed E-state index contributed by atoms with van der Waals surface area (Å²) in [5.41, 5.74) is 0.992. The third-order valence-electron chi connectivity index (χ3n) is 4.42. The van der Waals surface area contributed by atoms with E-state index in [1.54, 1.807) is 42.1 Å². The van der Waals surface area contributed by atoms with Gasteiger partial charge in [-0.25, -0.2) is 4.98 Å². The summed E-state index contributed by atoms with van der Waals surface area (Å²) in [5, 5.41) is 4.08. The predicted octanol–water partition coefficient (Wildman–Crippen LogP) is 5.74. The van der Waals surface area contributed by atoms with Crippen molar-refractivity contribution in [2.45, 2.75) is 6.61 Å². The summed E-state index contributed by atoms with van der Waals surface area (Å²) in [6, 6.07) is 17.5. The minimum absolute atomic E-state index is 0.185. The first kappa shape index (κ1) is 17.8. The summed E-state index contributed by atoms with van der Waals surface area (Å²) < 4.78 is 9.36. The largest absolute Gasteiger partial charge is 0.485 e. The number of hydrogen-bond donors (Lipinski definition) is 1. The number of rotatable bonds is 5. The lowest BCUT2D eigenvalue weighted by Gasteiger charge is -2.11. The number of nitrogens with zero attached hydrogens (tertiary/aromatic N) is 2. The van der Waals surface area contributed by atoms with E-state index in [0.29, 0.717) is 23.1 Å². The van der Waals surface area contributed by atoms with Crippen molar-refractivity contribution < 1.29 is 9.53 Å². The van der Waals surface area contributed by atoms with Crippen LogP contribution in [0.4, 0.5) is 5.82 Å². The molecule has 4 heterocycles. The molecule has 0 fully saturated rings. The smallest absolute Gasteiger partial charge is 0.267 e. The van der Waals surface area contributed by atoms with Gasteiger partial charge in [-0.15, -0.1) is 22.7 Å². The molecule has 5 rings (SSSR count). The van der Waals surface area contributed by atoms with Crippen molar-refractivity contribution in [3.8, 4) is 5.75 Å². The molecule has 0 aliphatic carbocycles. The van der Waals surface area contributed by atoms with Crippen LogP contribution >= 0.6 is 22.7 Å². The third-order valence-corrected chi connectivity index (χ3v) is 6.83. The van der Waals surface area contributed by atoms with Crippen LogP contribution < -0.4 is 10.1 Å². The Labute approximate surface area is 174 Å². The van der Waals surface area contributed by atoms with E-state index in [9.17, 15) is 4.79 Å². The van der Waals surface area contributed by atoms with Gasteiger partial charge in [-0.2, -0.15) is 0 Å². The number of aromatic nitrogens is 2. The molecule has 142 valence electrons. The van der Waals surface area contributed by atoms with Gasteiger partial charge in [0.2, 0.25) is 0 Å². The average Bonchev–Trinajstić information content (AvgIpc) is 3.32. The van der Waals surface area contributed by atoms with Crippen molar-refractivity contribution in [1.82, 2.24) is 9.97 Å². The van der Waals surface area contributed by atoms with Crippen LogP contribution in [-0.2, 0) is 6.61 Å². The predicted molar refractivity (Wildman–Crippen MR) is 118 cm³/mol. The monoisotopic (exact) mass is 417 g/mol. The highest BCUT2D eigenvalue weighted by Crippen LogP contribution is 2.39. The second-order valence-corrected chi connectivity index (χ2v) is 8.49. The zero-order chi connectivity index (χ0) is 19.6. The summed E-state index contributed by atoms with van der Waals surface area (Å²) in [5.74, 6) is 0.754. The maximum absolute atomic E-state index is 12.8. The van der Waals surface area contributed by atoms with E-state index in [1.807, 2.05) is 30.3 Å². The number of hydrogen-bond acceptors (Lipinski definition) is 6. The SMILES string of the molecule is O=C(Nc1ncccc1OCc1ccncc1)c1cc2sc3ccccc3c2s1. The molecule has 0 saturated heterocycles. The standard InChI is InChI=1S/C22H15N3O2S2/c26-22(19-12-18-20(29-19)15-4-1-2-6-17(15)28-18)25-21-16(5-3-9-24-21)27-13-14-7-10-23-11-8-14/h1-12H,13H2,(H,24,25,26). The number of anilines is 1. The molecule has 0 bridgehead atoms. The molecule has 4 aromatic heterocycles. The first-order valence-corrected chi connectivity index (χ1v) is 10.6. The van der Waals surface area contributed by atoms with Crippen molar-refractivity contribution in [2.75, 3.05) is 5.32 Å². The number of carbonyl (C=O) groups is 1. The Morgan fingerprint density at radius 3 is 2.72 bits per heavy atom. The molecule has 0 saturated carbocycles. The molecule has 1 N–H and O–H groups in total. The summed E-state index contributed by atoms with van der Waals surface area (Å²) in [6.07, 6.45) is 5.07. The molecule has 0 aliphatic heterocycles. The number of thiophene rings is 2. The quantitative estimate of drug-likeness (QED) is 0.396. The fourth-order valence-electron chi connectivity index (χ4n) is 3.02. The maximum Gasteiger partial charge on any atom is 0.267 e. The second kappa shape index (κ2) is 7.62. The van der Waals surface area contributed by atoms with Gasteiger partial charge in [0.1, 0.15) is 6.61 Å². The van der Waals surface area contributed by atoms with Gasteiger partial charge in [0.15, 0.2) is 11.6 Å². The molecule has 0 aliphatic rings. The van der Waals surface area contributed by atoms with Crippen molar-refractivity contribution in [3.05, 3.63) is 83.6 Å². The number of pyridine rings is 2. The Bertz CT molecular complexity index is 1310. The number of carbonyl (C=O) groups excluding carboxylic acids is 1. The number of amides is 1. The Hall–Kier alpha value is -3.29. The zero-order valence-electron chi connectivity index (χ0n) is 15.2. The fraction of sp³-hybridized carbons (Fsp3) is 0.0455. The van der Waals surface area contributed by atoms with Crippen molar-refractivity contribution in [1.29, 1.82) is 0 Å². The number of nitrogens with one attached hydrogen (secondary N) is 1. The van der Waals surface area contributed by atoms with E-state index < -0.39 is 0 Å². The molecule has 7 heteroatoms. The Kier molecular flexibility index (Phi) is 4.67. The number of benzene rings is 1. The van der Waals surface area contributed by atoms with Crippen LogP contribution in [0.3, 0.4) is 0 Å². The van der Waals surface area contributed by atoms with Crippen LogP contribution in [0, 0.1) is 0 Å². The number of ether oxygens (including phenoxy) is 1. The van der Waals surface area contributed by atoms with Gasteiger partial charge in [0, 0.05) is 33.4 Å². The molecule has 5 aromatic rings. The molecular weight excluding hydrogens is 402 g/mol. The molecular formula is C22H15N3O2S2.